The molecule has 0 aromatic carbocycles. The molecule has 3 nitrogen and oxygen atoms in total. The van der Waals surface area contributed by atoms with Crippen molar-refractivity contribution >= 4 is 0 Å². The fraction of sp³-hybridized carbons (Fsp3) is 1.00. The number of ether oxygens (including phenoxy) is 1. The highest BCUT2D eigenvalue weighted by Gasteiger charge is 2.31. The number of piperidine rings is 1. The molecule has 0 spiro atoms. The first-order chi connectivity index (χ1) is 9.54. The molecule has 1 aliphatic carbocycles. The monoisotopic (exact) mass is 294 g/mol. The Morgan fingerprint density at radius 1 is 1.20 bits per heavy atom. The molecule has 0 radical (unpaired) electrons. The summed E-state index contributed by atoms with van der Waals surface area (Å²) < 4.78 is 40.5. The van der Waals surface area contributed by atoms with Crippen LogP contribution < -0.4 is 5.32 Å². The van der Waals surface area contributed by atoms with Gasteiger partial charge in [-0.25, -0.2) is 0 Å². The van der Waals surface area contributed by atoms with Crippen LogP contribution in [0, 0.1) is 5.92 Å². The lowest BCUT2D eigenvalue weighted by molar-refractivity contribution is -0.174. The Morgan fingerprint density at radius 3 is 2.60 bits per heavy atom. The number of alkyl halides is 3. The van der Waals surface area contributed by atoms with E-state index < -0.39 is 12.8 Å². The minimum atomic E-state index is -4.20. The van der Waals surface area contributed by atoms with Crippen LogP contribution in [0.4, 0.5) is 13.2 Å². The number of hydrogen-bond acceptors (Lipinski definition) is 3. The first-order valence-corrected chi connectivity index (χ1v) is 7.64. The number of hydrogen-bond donors (Lipinski definition) is 1. The Labute approximate surface area is 118 Å². The molecule has 20 heavy (non-hydrogen) atoms. The van der Waals surface area contributed by atoms with E-state index in [1.54, 1.807) is 0 Å². The standard InChI is InChI=1S/C14H25F3N2O/c15-14(16,17)11-20-8-2-7-19(13-4-5-13)10-12-3-1-6-18-9-12/h12-13,18H,1-11H2. The summed E-state index contributed by atoms with van der Waals surface area (Å²) in [4.78, 5) is 2.45. The van der Waals surface area contributed by atoms with E-state index in [9.17, 15) is 13.2 Å². The van der Waals surface area contributed by atoms with E-state index in [-0.39, 0.29) is 6.61 Å². The summed E-state index contributed by atoms with van der Waals surface area (Å²) in [6, 6.07) is 0.666. The van der Waals surface area contributed by atoms with Crippen LogP contribution in [-0.2, 0) is 4.74 Å². The molecule has 0 bridgehead atoms. The molecule has 1 saturated heterocycles. The molecule has 0 aromatic rings. The lowest BCUT2D eigenvalue weighted by Gasteiger charge is -2.30. The van der Waals surface area contributed by atoms with Crippen molar-refractivity contribution in [3.8, 4) is 0 Å². The van der Waals surface area contributed by atoms with Gasteiger partial charge in [0, 0.05) is 25.7 Å². The third-order valence-corrected chi connectivity index (χ3v) is 3.95. The van der Waals surface area contributed by atoms with Gasteiger partial charge >= 0.3 is 6.18 Å². The van der Waals surface area contributed by atoms with Crippen LogP contribution in [0.1, 0.15) is 32.1 Å². The maximum atomic E-state index is 11.9. The molecule has 118 valence electrons. The van der Waals surface area contributed by atoms with Gasteiger partial charge in [0.05, 0.1) is 0 Å². The van der Waals surface area contributed by atoms with Crippen molar-refractivity contribution < 1.29 is 17.9 Å². The molecule has 1 heterocycles. The van der Waals surface area contributed by atoms with E-state index in [1.807, 2.05) is 0 Å². The smallest absolute Gasteiger partial charge is 0.372 e. The number of rotatable bonds is 8. The molecule has 2 rings (SSSR count). The zero-order chi connectivity index (χ0) is 14.4. The predicted molar refractivity (Wildman–Crippen MR) is 71.7 cm³/mol. The molecule has 2 fully saturated rings. The van der Waals surface area contributed by atoms with E-state index in [4.69, 9.17) is 0 Å². The van der Waals surface area contributed by atoms with Crippen molar-refractivity contribution in [2.75, 3.05) is 39.4 Å². The Bertz CT molecular complexity index is 276. The topological polar surface area (TPSA) is 24.5 Å². The van der Waals surface area contributed by atoms with Crippen molar-refractivity contribution in [1.82, 2.24) is 10.2 Å². The van der Waals surface area contributed by atoms with Crippen molar-refractivity contribution in [2.45, 2.75) is 44.3 Å². The quantitative estimate of drug-likeness (QED) is 0.696. The second kappa shape index (κ2) is 7.61. The molecule has 1 atom stereocenters. The Kier molecular flexibility index (Phi) is 6.11. The molecule has 2 aliphatic rings. The van der Waals surface area contributed by atoms with Crippen LogP contribution in [-0.4, -0.2) is 56.5 Å². The van der Waals surface area contributed by atoms with Crippen molar-refractivity contribution in [3.05, 3.63) is 0 Å². The Balaban J connectivity index is 1.60. The van der Waals surface area contributed by atoms with Gasteiger partial charge in [0.2, 0.25) is 0 Å². The highest BCUT2D eigenvalue weighted by molar-refractivity contribution is 4.86. The first kappa shape index (κ1) is 16.0. The van der Waals surface area contributed by atoms with Gasteiger partial charge in [-0.3, -0.25) is 4.90 Å². The molecule has 0 amide bonds. The third-order valence-electron chi connectivity index (χ3n) is 3.95. The van der Waals surface area contributed by atoms with Gasteiger partial charge in [-0.2, -0.15) is 13.2 Å². The zero-order valence-corrected chi connectivity index (χ0v) is 11.9. The SMILES string of the molecule is FC(F)(F)COCCCN(CC1CCCNC1)C1CC1. The summed E-state index contributed by atoms with van der Waals surface area (Å²) in [5, 5.41) is 3.42. The van der Waals surface area contributed by atoms with Crippen LogP contribution >= 0.6 is 0 Å². The highest BCUT2D eigenvalue weighted by Crippen LogP contribution is 2.28. The summed E-state index contributed by atoms with van der Waals surface area (Å²) in [7, 11) is 0. The average Bonchev–Trinajstić information content (AvgIpc) is 3.21. The Morgan fingerprint density at radius 2 is 2.00 bits per heavy atom. The maximum absolute atomic E-state index is 11.9. The summed E-state index contributed by atoms with van der Waals surface area (Å²) in [6.07, 6.45) is 1.46. The number of nitrogens with one attached hydrogen (secondary N) is 1. The van der Waals surface area contributed by atoms with Gasteiger partial charge < -0.3 is 10.1 Å². The second-order valence-corrected chi connectivity index (χ2v) is 5.96. The molecule has 0 aromatic heterocycles. The summed E-state index contributed by atoms with van der Waals surface area (Å²) in [5.74, 6) is 0.695. The van der Waals surface area contributed by atoms with Gasteiger partial charge in [-0.15, -0.1) is 0 Å². The molecule has 1 aliphatic heterocycles. The molecule has 1 unspecified atom stereocenters. The average molecular weight is 294 g/mol. The van der Waals surface area contributed by atoms with Gasteiger partial charge in [0.25, 0.3) is 0 Å². The zero-order valence-electron chi connectivity index (χ0n) is 11.9. The fourth-order valence-corrected chi connectivity index (χ4v) is 2.83. The van der Waals surface area contributed by atoms with E-state index in [2.05, 4.69) is 15.0 Å². The van der Waals surface area contributed by atoms with Crippen molar-refractivity contribution in [2.24, 2.45) is 5.92 Å². The highest BCUT2D eigenvalue weighted by atomic mass is 19.4. The van der Waals surface area contributed by atoms with Crippen LogP contribution in [0.15, 0.2) is 0 Å². The van der Waals surface area contributed by atoms with Crippen LogP contribution in [0.3, 0.4) is 0 Å². The summed E-state index contributed by atoms with van der Waals surface area (Å²) in [6.45, 7) is 3.21. The molecular formula is C14H25F3N2O. The van der Waals surface area contributed by atoms with Gasteiger partial charge in [0.15, 0.2) is 0 Å². The number of nitrogens with zero attached hydrogens (tertiary/aromatic N) is 1. The second-order valence-electron chi connectivity index (χ2n) is 5.96. The lowest BCUT2D eigenvalue weighted by atomic mass is 9.99. The van der Waals surface area contributed by atoms with E-state index >= 15 is 0 Å². The predicted octanol–water partition coefficient (Wildman–Crippen LogP) is 2.42. The summed E-state index contributed by atoms with van der Waals surface area (Å²) in [5.41, 5.74) is 0. The van der Waals surface area contributed by atoms with Crippen molar-refractivity contribution in [1.29, 1.82) is 0 Å². The molecule has 6 heteroatoms. The fourth-order valence-electron chi connectivity index (χ4n) is 2.83. The van der Waals surface area contributed by atoms with E-state index in [0.717, 1.165) is 26.2 Å². The largest absolute Gasteiger partial charge is 0.411 e. The third kappa shape index (κ3) is 6.41. The van der Waals surface area contributed by atoms with Crippen LogP contribution in [0.2, 0.25) is 0 Å². The summed E-state index contributed by atoms with van der Waals surface area (Å²) >= 11 is 0. The molecule has 1 saturated carbocycles. The molecular weight excluding hydrogens is 269 g/mol. The van der Waals surface area contributed by atoms with E-state index in [1.165, 1.54) is 25.7 Å². The first-order valence-electron chi connectivity index (χ1n) is 7.64. The van der Waals surface area contributed by atoms with Crippen molar-refractivity contribution in [3.63, 3.8) is 0 Å². The molecule has 1 N–H and O–H groups in total. The van der Waals surface area contributed by atoms with Crippen LogP contribution in [0.25, 0.3) is 0 Å². The number of halogens is 3. The normalized spacial score (nSPS) is 24.3. The minimum absolute atomic E-state index is 0.200. The van der Waals surface area contributed by atoms with Gasteiger partial charge in [-0.05, 0) is 51.1 Å². The van der Waals surface area contributed by atoms with Crippen LogP contribution in [0.5, 0.6) is 0 Å². The van der Waals surface area contributed by atoms with Gasteiger partial charge in [-0.1, -0.05) is 0 Å². The van der Waals surface area contributed by atoms with Gasteiger partial charge in [0.1, 0.15) is 6.61 Å². The van der Waals surface area contributed by atoms with E-state index in [0.29, 0.717) is 18.4 Å². The maximum Gasteiger partial charge on any atom is 0.411 e. The minimum Gasteiger partial charge on any atom is -0.372 e. The lowest BCUT2D eigenvalue weighted by Crippen LogP contribution is -2.39. The Hall–Kier alpha value is -0.330.